The maximum absolute atomic E-state index is 9.58. The molecule has 3 aromatic heterocycles. The second kappa shape index (κ2) is 15.8. The summed E-state index contributed by atoms with van der Waals surface area (Å²) in [6.45, 7) is 0. The van der Waals surface area contributed by atoms with Crippen LogP contribution in [0.25, 0.3) is 111 Å². The fraction of sp³-hybridized carbons (Fsp3) is 0. The van der Waals surface area contributed by atoms with Gasteiger partial charge in [-0.15, -0.1) is 0 Å². The van der Waals surface area contributed by atoms with Crippen molar-refractivity contribution in [2.75, 3.05) is 0 Å². The Balaban J connectivity index is 0.836. The van der Waals surface area contributed by atoms with Gasteiger partial charge >= 0.3 is 0 Å². The molecule has 6 nitrogen and oxygen atoms in total. The van der Waals surface area contributed by atoms with Gasteiger partial charge in [0.1, 0.15) is 0 Å². The molecule has 0 saturated carbocycles. The number of hydrogen-bond donors (Lipinski definition) is 0. The minimum Gasteiger partial charge on any atom is -0.309 e. The Bertz CT molecular complexity index is 3810. The molecule has 0 bridgehead atoms. The van der Waals surface area contributed by atoms with Gasteiger partial charge in [-0.05, 0) is 101 Å². The van der Waals surface area contributed by atoms with Crippen LogP contribution in [0.3, 0.4) is 0 Å². The molecule has 0 atom stereocenters. The van der Waals surface area contributed by atoms with Gasteiger partial charge in [0.2, 0.25) is 0 Å². The highest BCUT2D eigenvalue weighted by Gasteiger charge is 2.17. The van der Waals surface area contributed by atoms with Crippen molar-refractivity contribution < 1.29 is 0 Å². The lowest BCUT2D eigenvalue weighted by molar-refractivity contribution is 1.17. The second-order valence-corrected chi connectivity index (χ2v) is 16.5. The fourth-order valence-electron chi connectivity index (χ4n) is 9.42. The molecular weight excluding hydrogens is 805 g/mol. The van der Waals surface area contributed by atoms with E-state index in [1.165, 1.54) is 43.6 Å². The first-order chi connectivity index (χ1) is 32.6. The number of fused-ring (bicyclic) bond motifs is 6. The molecule has 306 valence electrons. The second-order valence-electron chi connectivity index (χ2n) is 16.5. The van der Waals surface area contributed by atoms with E-state index in [2.05, 4.69) is 185 Å². The first kappa shape index (κ1) is 38.3. The van der Waals surface area contributed by atoms with E-state index >= 15 is 0 Å². The molecule has 12 aromatic rings. The van der Waals surface area contributed by atoms with Crippen molar-refractivity contribution in [3.63, 3.8) is 0 Å². The van der Waals surface area contributed by atoms with Crippen molar-refractivity contribution in [2.45, 2.75) is 0 Å². The van der Waals surface area contributed by atoms with Gasteiger partial charge in [-0.25, -0.2) is 9.97 Å². The third kappa shape index (κ3) is 6.57. The third-order valence-corrected chi connectivity index (χ3v) is 12.6. The maximum Gasteiger partial charge on any atom is 0.160 e. The van der Waals surface area contributed by atoms with E-state index < -0.39 is 0 Å². The topological polar surface area (TPSA) is 83.2 Å². The lowest BCUT2D eigenvalue weighted by Crippen LogP contribution is -1.96. The summed E-state index contributed by atoms with van der Waals surface area (Å²) in [7, 11) is 0. The van der Waals surface area contributed by atoms with Crippen molar-refractivity contribution in [1.29, 1.82) is 10.5 Å². The predicted molar refractivity (Wildman–Crippen MR) is 267 cm³/mol. The maximum atomic E-state index is 9.58. The molecule has 0 radical (unpaired) electrons. The highest BCUT2D eigenvalue weighted by atomic mass is 15.0. The first-order valence-electron chi connectivity index (χ1n) is 21.8. The Kier molecular flexibility index (Phi) is 9.16. The molecule has 3 heterocycles. The highest BCUT2D eigenvalue weighted by Crippen LogP contribution is 2.38. The van der Waals surface area contributed by atoms with Crippen LogP contribution in [-0.4, -0.2) is 19.1 Å². The summed E-state index contributed by atoms with van der Waals surface area (Å²) in [6, 6.07) is 79.9. The van der Waals surface area contributed by atoms with Crippen LogP contribution in [0, 0.1) is 22.7 Å². The van der Waals surface area contributed by atoms with E-state index in [0.717, 1.165) is 56.0 Å². The highest BCUT2D eigenvalue weighted by molar-refractivity contribution is 6.12. The van der Waals surface area contributed by atoms with Crippen molar-refractivity contribution in [2.24, 2.45) is 0 Å². The van der Waals surface area contributed by atoms with Crippen molar-refractivity contribution in [3.05, 3.63) is 230 Å². The number of nitriles is 2. The van der Waals surface area contributed by atoms with E-state index in [-0.39, 0.29) is 0 Å². The summed E-state index contributed by atoms with van der Waals surface area (Å²) in [5.74, 6) is 0.509. The van der Waals surface area contributed by atoms with Crippen molar-refractivity contribution in [3.8, 4) is 79.7 Å². The van der Waals surface area contributed by atoms with Crippen LogP contribution in [0.2, 0.25) is 0 Å². The van der Waals surface area contributed by atoms with Gasteiger partial charge in [0.15, 0.2) is 5.82 Å². The standard InChI is InChI=1S/C60H36N6/c61-37-39-9-7-11-46(33-39)55-36-54(63-60(64-55)47-12-8-10-40(34-47)38-62)45-25-23-43(24-26-45)41-19-21-42(22-20-41)44-27-29-48(30-28-44)65-58-18-6-3-15-52(58)53-35-49(31-32-59(53)65)66-56-16-4-1-13-50(56)51-14-2-5-17-57(51)66/h1-36H. The number of rotatable bonds is 7. The minimum absolute atomic E-state index is 0.509. The molecule has 9 aromatic carbocycles. The van der Waals surface area contributed by atoms with E-state index in [1.807, 2.05) is 36.4 Å². The monoisotopic (exact) mass is 840 g/mol. The van der Waals surface area contributed by atoms with Crippen LogP contribution in [0.15, 0.2) is 218 Å². The Hall–Kier alpha value is -9.36. The summed E-state index contributed by atoms with van der Waals surface area (Å²) in [5.41, 5.74) is 16.5. The number of hydrogen-bond acceptors (Lipinski definition) is 4. The van der Waals surface area contributed by atoms with Crippen LogP contribution in [0.4, 0.5) is 0 Å². The van der Waals surface area contributed by atoms with E-state index in [9.17, 15) is 10.5 Å². The summed E-state index contributed by atoms with van der Waals surface area (Å²) in [6.07, 6.45) is 0. The quantitative estimate of drug-likeness (QED) is 0.160. The molecule has 6 heteroatoms. The van der Waals surface area contributed by atoms with Gasteiger partial charge in [0.05, 0.1) is 56.7 Å². The van der Waals surface area contributed by atoms with Crippen LogP contribution >= 0.6 is 0 Å². The summed E-state index contributed by atoms with van der Waals surface area (Å²) >= 11 is 0. The Morgan fingerprint density at radius 3 is 1.26 bits per heavy atom. The van der Waals surface area contributed by atoms with Gasteiger partial charge < -0.3 is 9.13 Å². The molecule has 0 aliphatic rings. The smallest absolute Gasteiger partial charge is 0.160 e. The van der Waals surface area contributed by atoms with Gasteiger partial charge in [-0.2, -0.15) is 10.5 Å². The Morgan fingerprint density at radius 2 is 0.712 bits per heavy atom. The summed E-state index contributed by atoms with van der Waals surface area (Å²) < 4.78 is 4.76. The van der Waals surface area contributed by atoms with Gasteiger partial charge in [-0.1, -0.05) is 140 Å². The lowest BCUT2D eigenvalue weighted by Gasteiger charge is -2.11. The van der Waals surface area contributed by atoms with Crippen LogP contribution in [-0.2, 0) is 0 Å². The number of benzene rings is 9. The SMILES string of the molecule is N#Cc1cccc(-c2cc(-c3ccc(-c4ccc(-c5ccc(-n6c7ccccc7c7cc(-n8c9ccccc9c9ccccc98)ccc76)cc5)cc4)cc3)nc(-c3cccc(C#N)c3)n2)c1. The number of nitrogens with zero attached hydrogens (tertiary/aromatic N) is 6. The molecule has 0 N–H and O–H groups in total. The summed E-state index contributed by atoms with van der Waals surface area (Å²) in [5, 5.41) is 24.1. The van der Waals surface area contributed by atoms with E-state index in [1.54, 1.807) is 18.2 Å². The van der Waals surface area contributed by atoms with Crippen LogP contribution in [0.5, 0.6) is 0 Å². The lowest BCUT2D eigenvalue weighted by atomic mass is 9.98. The molecule has 0 fully saturated rings. The molecule has 0 unspecified atom stereocenters. The van der Waals surface area contributed by atoms with Crippen LogP contribution in [0.1, 0.15) is 11.1 Å². The molecule has 0 saturated heterocycles. The fourth-order valence-corrected chi connectivity index (χ4v) is 9.42. The van der Waals surface area contributed by atoms with Crippen molar-refractivity contribution in [1.82, 2.24) is 19.1 Å². The minimum atomic E-state index is 0.509. The zero-order valence-corrected chi connectivity index (χ0v) is 35.5. The number of aromatic nitrogens is 4. The van der Waals surface area contributed by atoms with Gasteiger partial charge in [0, 0.05) is 49.6 Å². The molecule has 0 amide bonds. The Labute approximate surface area is 380 Å². The summed E-state index contributed by atoms with van der Waals surface area (Å²) in [4.78, 5) is 9.84. The first-order valence-corrected chi connectivity index (χ1v) is 21.8. The zero-order valence-electron chi connectivity index (χ0n) is 35.5. The Morgan fingerprint density at radius 1 is 0.303 bits per heavy atom. The molecular formula is C60H36N6. The molecule has 0 spiro atoms. The molecule has 66 heavy (non-hydrogen) atoms. The van der Waals surface area contributed by atoms with E-state index in [4.69, 9.17) is 9.97 Å². The predicted octanol–water partition coefficient (Wildman–Crippen LogP) is 14.7. The van der Waals surface area contributed by atoms with Crippen molar-refractivity contribution >= 4 is 43.6 Å². The normalized spacial score (nSPS) is 11.3. The van der Waals surface area contributed by atoms with Gasteiger partial charge in [-0.3, -0.25) is 0 Å². The molecule has 12 rings (SSSR count). The molecule has 0 aliphatic carbocycles. The molecule has 0 aliphatic heterocycles. The third-order valence-electron chi connectivity index (χ3n) is 12.6. The van der Waals surface area contributed by atoms with Gasteiger partial charge in [0.25, 0.3) is 0 Å². The average molecular weight is 841 g/mol. The average Bonchev–Trinajstić information content (AvgIpc) is 3.91. The van der Waals surface area contributed by atoms with Crippen LogP contribution < -0.4 is 0 Å². The number of para-hydroxylation sites is 3. The van der Waals surface area contributed by atoms with E-state index in [0.29, 0.717) is 22.6 Å². The zero-order chi connectivity index (χ0) is 44.1. The largest absolute Gasteiger partial charge is 0.309 e.